The van der Waals surface area contributed by atoms with Gasteiger partial charge in [0.25, 0.3) is 0 Å². The fourth-order valence-electron chi connectivity index (χ4n) is 1.58. The number of ether oxygens (including phenoxy) is 1. The third-order valence-electron chi connectivity index (χ3n) is 2.63. The average Bonchev–Trinajstić information content (AvgIpc) is 2.35. The molecule has 0 saturated heterocycles. The number of benzene rings is 1. The highest BCUT2D eigenvalue weighted by Crippen LogP contribution is 2.23. The Bertz CT molecular complexity index is 333. The van der Waals surface area contributed by atoms with E-state index in [1.807, 2.05) is 12.1 Å². The van der Waals surface area contributed by atoms with Gasteiger partial charge in [0, 0.05) is 6.54 Å². The summed E-state index contributed by atoms with van der Waals surface area (Å²) in [5, 5.41) is 10.4. The van der Waals surface area contributed by atoms with Crippen LogP contribution < -0.4 is 4.74 Å². The van der Waals surface area contributed by atoms with Crippen molar-refractivity contribution in [2.45, 2.75) is 20.0 Å². The topological polar surface area (TPSA) is 32.7 Å². The van der Waals surface area contributed by atoms with Gasteiger partial charge in [-0.1, -0.05) is 37.6 Å². The maximum Gasteiger partial charge on any atom is 0.138 e. The molecule has 0 fully saturated rings. The molecule has 0 amide bonds. The highest BCUT2D eigenvalue weighted by Gasteiger charge is 2.10. The number of rotatable bonds is 7. The fourth-order valence-corrected chi connectivity index (χ4v) is 1.77. The van der Waals surface area contributed by atoms with Gasteiger partial charge in [0.15, 0.2) is 0 Å². The standard InChI is InChI=1S/C13H20ClNO2.ClH/c1-3-15(4-2)9-11(16)10-17-13-8-6-5-7-12(13)14;/h5-8,11,16H,3-4,9-10H2,1-2H3;1H. The number of aliphatic hydroxyl groups excluding tert-OH is 1. The van der Waals surface area contributed by atoms with Crippen LogP contribution in [0.3, 0.4) is 0 Å². The van der Waals surface area contributed by atoms with E-state index < -0.39 is 6.10 Å². The second-order valence-electron chi connectivity index (χ2n) is 3.88. The van der Waals surface area contributed by atoms with E-state index in [4.69, 9.17) is 16.3 Å². The molecule has 3 nitrogen and oxygen atoms in total. The summed E-state index contributed by atoms with van der Waals surface area (Å²) in [6.07, 6.45) is -0.494. The van der Waals surface area contributed by atoms with Crippen LogP contribution in [0.1, 0.15) is 13.8 Å². The number of aliphatic hydroxyl groups is 1. The Balaban J connectivity index is 0.00000289. The Hall–Kier alpha value is -0.480. The Morgan fingerprint density at radius 1 is 1.28 bits per heavy atom. The lowest BCUT2D eigenvalue weighted by Crippen LogP contribution is -2.35. The molecule has 1 rings (SSSR count). The van der Waals surface area contributed by atoms with Crippen LogP contribution >= 0.6 is 24.0 Å². The predicted octanol–water partition coefficient (Wildman–Crippen LogP) is 2.84. The molecule has 0 radical (unpaired) electrons. The number of para-hydroxylation sites is 1. The smallest absolute Gasteiger partial charge is 0.138 e. The van der Waals surface area contributed by atoms with E-state index in [-0.39, 0.29) is 19.0 Å². The van der Waals surface area contributed by atoms with Crippen molar-refractivity contribution in [1.29, 1.82) is 0 Å². The van der Waals surface area contributed by atoms with Crippen LogP contribution in [0.2, 0.25) is 5.02 Å². The molecule has 1 atom stereocenters. The van der Waals surface area contributed by atoms with Crippen molar-refractivity contribution in [3.63, 3.8) is 0 Å². The van der Waals surface area contributed by atoms with Crippen molar-refractivity contribution in [2.24, 2.45) is 0 Å². The summed E-state index contributed by atoms with van der Waals surface area (Å²) in [4.78, 5) is 2.15. The second-order valence-corrected chi connectivity index (χ2v) is 4.29. The predicted molar refractivity (Wildman–Crippen MR) is 78.0 cm³/mol. The van der Waals surface area contributed by atoms with Crippen molar-refractivity contribution in [3.05, 3.63) is 29.3 Å². The van der Waals surface area contributed by atoms with E-state index in [0.29, 0.717) is 17.3 Å². The Kier molecular flexibility index (Phi) is 9.20. The highest BCUT2D eigenvalue weighted by molar-refractivity contribution is 6.32. The second kappa shape index (κ2) is 9.45. The van der Waals surface area contributed by atoms with Crippen LogP contribution in [0.5, 0.6) is 5.75 Å². The average molecular weight is 294 g/mol. The number of likely N-dealkylation sites (N-methyl/N-ethyl adjacent to an activating group) is 1. The third kappa shape index (κ3) is 5.91. The molecule has 104 valence electrons. The van der Waals surface area contributed by atoms with Crippen LogP contribution in [0.15, 0.2) is 24.3 Å². The van der Waals surface area contributed by atoms with Crippen molar-refractivity contribution < 1.29 is 9.84 Å². The van der Waals surface area contributed by atoms with Crippen LogP contribution in [0.25, 0.3) is 0 Å². The SMILES string of the molecule is CCN(CC)CC(O)COc1ccccc1Cl.Cl. The van der Waals surface area contributed by atoms with Gasteiger partial charge in [0.05, 0.1) is 5.02 Å². The maximum absolute atomic E-state index is 9.82. The lowest BCUT2D eigenvalue weighted by Gasteiger charge is -2.22. The zero-order valence-electron chi connectivity index (χ0n) is 10.8. The van der Waals surface area contributed by atoms with Gasteiger partial charge in [0.1, 0.15) is 18.5 Å². The molecule has 1 N–H and O–H groups in total. The number of nitrogens with zero attached hydrogens (tertiary/aromatic N) is 1. The molecular formula is C13H21Cl2NO2. The summed E-state index contributed by atoms with van der Waals surface area (Å²) in [5.41, 5.74) is 0. The molecule has 0 spiro atoms. The molecule has 0 aromatic heterocycles. The molecule has 1 unspecified atom stereocenters. The van der Waals surface area contributed by atoms with Gasteiger partial charge in [-0.15, -0.1) is 12.4 Å². The normalized spacial score (nSPS) is 12.1. The Morgan fingerprint density at radius 3 is 2.44 bits per heavy atom. The lowest BCUT2D eigenvalue weighted by atomic mass is 10.3. The summed E-state index contributed by atoms with van der Waals surface area (Å²) in [5.74, 6) is 0.618. The van der Waals surface area contributed by atoms with E-state index >= 15 is 0 Å². The molecule has 18 heavy (non-hydrogen) atoms. The molecule has 0 aliphatic rings. The van der Waals surface area contributed by atoms with E-state index in [9.17, 15) is 5.11 Å². The minimum Gasteiger partial charge on any atom is -0.489 e. The van der Waals surface area contributed by atoms with Crippen molar-refractivity contribution >= 4 is 24.0 Å². The van der Waals surface area contributed by atoms with Gasteiger partial charge in [0.2, 0.25) is 0 Å². The Morgan fingerprint density at radius 2 is 1.89 bits per heavy atom. The van der Waals surface area contributed by atoms with E-state index in [0.717, 1.165) is 13.1 Å². The molecule has 1 aromatic rings. The minimum atomic E-state index is -0.494. The first kappa shape index (κ1) is 17.5. The summed E-state index contributed by atoms with van der Waals surface area (Å²) < 4.78 is 5.48. The van der Waals surface area contributed by atoms with Gasteiger partial charge in [-0.2, -0.15) is 0 Å². The van der Waals surface area contributed by atoms with Gasteiger partial charge < -0.3 is 14.7 Å². The van der Waals surface area contributed by atoms with Crippen LogP contribution in [0, 0.1) is 0 Å². The number of hydrogen-bond acceptors (Lipinski definition) is 3. The van der Waals surface area contributed by atoms with Crippen molar-refractivity contribution in [3.8, 4) is 5.75 Å². The zero-order valence-corrected chi connectivity index (χ0v) is 12.4. The zero-order chi connectivity index (χ0) is 12.7. The highest BCUT2D eigenvalue weighted by atomic mass is 35.5. The van der Waals surface area contributed by atoms with E-state index in [1.54, 1.807) is 12.1 Å². The fraction of sp³-hybridized carbons (Fsp3) is 0.538. The molecule has 0 aliphatic carbocycles. The van der Waals surface area contributed by atoms with Crippen LogP contribution in [-0.4, -0.2) is 42.4 Å². The van der Waals surface area contributed by atoms with Gasteiger partial charge in [-0.05, 0) is 25.2 Å². The number of halogens is 2. The number of hydrogen-bond donors (Lipinski definition) is 1. The first-order valence-electron chi connectivity index (χ1n) is 5.95. The van der Waals surface area contributed by atoms with Crippen molar-refractivity contribution in [1.82, 2.24) is 4.90 Å². The summed E-state index contributed by atoms with van der Waals surface area (Å²) >= 11 is 5.95. The molecule has 0 saturated carbocycles. The monoisotopic (exact) mass is 293 g/mol. The van der Waals surface area contributed by atoms with Gasteiger partial charge >= 0.3 is 0 Å². The maximum atomic E-state index is 9.82. The summed E-state index contributed by atoms with van der Waals surface area (Å²) in [6.45, 7) is 6.90. The molecule has 0 heterocycles. The summed E-state index contributed by atoms with van der Waals surface area (Å²) in [7, 11) is 0. The Labute approximate surface area is 120 Å². The lowest BCUT2D eigenvalue weighted by molar-refractivity contribution is 0.0717. The quantitative estimate of drug-likeness (QED) is 0.839. The van der Waals surface area contributed by atoms with Crippen LogP contribution in [0.4, 0.5) is 0 Å². The largest absolute Gasteiger partial charge is 0.489 e. The first-order valence-corrected chi connectivity index (χ1v) is 6.32. The third-order valence-corrected chi connectivity index (χ3v) is 2.94. The van der Waals surface area contributed by atoms with Crippen LogP contribution in [-0.2, 0) is 0 Å². The first-order chi connectivity index (χ1) is 8.17. The van der Waals surface area contributed by atoms with E-state index in [1.165, 1.54) is 0 Å². The van der Waals surface area contributed by atoms with Crippen molar-refractivity contribution in [2.75, 3.05) is 26.2 Å². The molecule has 0 bridgehead atoms. The van der Waals surface area contributed by atoms with Gasteiger partial charge in [-0.25, -0.2) is 0 Å². The summed E-state index contributed by atoms with van der Waals surface area (Å²) in [6, 6.07) is 7.28. The molecular weight excluding hydrogens is 273 g/mol. The minimum absolute atomic E-state index is 0. The molecule has 0 aliphatic heterocycles. The van der Waals surface area contributed by atoms with Gasteiger partial charge in [-0.3, -0.25) is 0 Å². The molecule has 1 aromatic carbocycles. The van der Waals surface area contributed by atoms with E-state index in [2.05, 4.69) is 18.7 Å². The molecule has 5 heteroatoms.